The summed E-state index contributed by atoms with van der Waals surface area (Å²) in [6.07, 6.45) is 2.28. The minimum Gasteiger partial charge on any atom is -0.366 e. The summed E-state index contributed by atoms with van der Waals surface area (Å²) in [5.74, 6) is 0.336. The van der Waals surface area contributed by atoms with Gasteiger partial charge < -0.3 is 15.1 Å². The predicted molar refractivity (Wildman–Crippen MR) is 100 cm³/mol. The number of nitrogens with one attached hydrogen (secondary N) is 1. The molecule has 1 saturated heterocycles. The molecule has 3 rings (SSSR count). The van der Waals surface area contributed by atoms with Crippen molar-refractivity contribution in [3.63, 3.8) is 0 Å². The first kappa shape index (κ1) is 18.1. The van der Waals surface area contributed by atoms with Crippen molar-refractivity contribution in [3.8, 4) is 0 Å². The van der Waals surface area contributed by atoms with E-state index >= 15 is 0 Å². The zero-order valence-electron chi connectivity index (χ0n) is 15.2. The molecular formula is C19H24FN5O. The molecule has 0 spiro atoms. The number of carbonyl (C=O) groups excluding carboxylic acids is 1. The minimum absolute atomic E-state index is 0.102. The molecule has 1 N–H and O–H groups in total. The highest BCUT2D eigenvalue weighted by Crippen LogP contribution is 2.22. The first-order valence-electron chi connectivity index (χ1n) is 8.95. The van der Waals surface area contributed by atoms with Gasteiger partial charge in [-0.25, -0.2) is 14.4 Å². The molecule has 1 fully saturated rings. The van der Waals surface area contributed by atoms with Gasteiger partial charge in [0.2, 0.25) is 0 Å². The van der Waals surface area contributed by atoms with Gasteiger partial charge in [-0.2, -0.15) is 0 Å². The molecule has 0 radical (unpaired) electrons. The highest BCUT2D eigenvalue weighted by molar-refractivity contribution is 5.93. The maximum Gasteiger partial charge on any atom is 0.270 e. The third kappa shape index (κ3) is 4.09. The Kier molecular flexibility index (Phi) is 5.65. The molecule has 6 nitrogen and oxygen atoms in total. The van der Waals surface area contributed by atoms with Gasteiger partial charge in [-0.3, -0.25) is 4.79 Å². The average molecular weight is 357 g/mol. The molecule has 1 aliphatic rings. The Hall–Kier alpha value is -2.70. The fraction of sp³-hybridized carbons (Fsp3) is 0.421. The Morgan fingerprint density at radius 2 is 1.88 bits per heavy atom. The van der Waals surface area contributed by atoms with Crippen LogP contribution in [0.15, 0.2) is 36.7 Å². The summed E-state index contributed by atoms with van der Waals surface area (Å²) in [6, 6.07) is 8.64. The Labute approximate surface area is 153 Å². The van der Waals surface area contributed by atoms with Crippen LogP contribution in [0, 0.1) is 5.82 Å². The highest BCUT2D eigenvalue weighted by Gasteiger charge is 2.21. The molecule has 1 aliphatic heterocycles. The lowest BCUT2D eigenvalue weighted by atomic mass is 10.2. The topological polar surface area (TPSA) is 61.4 Å². The first-order chi connectivity index (χ1) is 12.6. The number of anilines is 2. The van der Waals surface area contributed by atoms with E-state index in [9.17, 15) is 9.18 Å². The lowest BCUT2D eigenvalue weighted by molar-refractivity contribution is 0.0934. The summed E-state index contributed by atoms with van der Waals surface area (Å²) >= 11 is 0. The lowest BCUT2D eigenvalue weighted by Crippen LogP contribution is -2.47. The summed E-state index contributed by atoms with van der Waals surface area (Å²) in [5, 5.41) is 2.91. The van der Waals surface area contributed by atoms with Crippen molar-refractivity contribution < 1.29 is 9.18 Å². The second-order valence-corrected chi connectivity index (χ2v) is 6.47. The van der Waals surface area contributed by atoms with E-state index in [0.717, 1.165) is 12.2 Å². The fourth-order valence-corrected chi connectivity index (χ4v) is 2.93. The van der Waals surface area contributed by atoms with Crippen molar-refractivity contribution in [1.29, 1.82) is 0 Å². The molecule has 1 aromatic heterocycles. The van der Waals surface area contributed by atoms with E-state index in [1.807, 2.05) is 24.8 Å². The third-order valence-corrected chi connectivity index (χ3v) is 4.67. The van der Waals surface area contributed by atoms with Crippen LogP contribution < -0.4 is 15.1 Å². The fourth-order valence-electron chi connectivity index (χ4n) is 2.93. The van der Waals surface area contributed by atoms with Gasteiger partial charge in [0, 0.05) is 38.3 Å². The van der Waals surface area contributed by atoms with E-state index in [-0.39, 0.29) is 17.8 Å². The summed E-state index contributed by atoms with van der Waals surface area (Å²) < 4.78 is 13.9. The number of carbonyl (C=O) groups is 1. The number of aromatic nitrogens is 2. The lowest BCUT2D eigenvalue weighted by Gasteiger charge is -2.36. The Bertz CT molecular complexity index is 761. The van der Waals surface area contributed by atoms with Crippen LogP contribution in [-0.4, -0.2) is 48.1 Å². The van der Waals surface area contributed by atoms with E-state index < -0.39 is 0 Å². The van der Waals surface area contributed by atoms with Crippen molar-refractivity contribution in [2.75, 3.05) is 36.0 Å². The van der Waals surface area contributed by atoms with Gasteiger partial charge in [-0.1, -0.05) is 19.1 Å². The van der Waals surface area contributed by atoms with Crippen LogP contribution in [-0.2, 0) is 0 Å². The molecule has 1 unspecified atom stereocenters. The molecule has 1 amide bonds. The largest absolute Gasteiger partial charge is 0.366 e. The van der Waals surface area contributed by atoms with Crippen LogP contribution in [0.3, 0.4) is 0 Å². The second kappa shape index (κ2) is 8.12. The van der Waals surface area contributed by atoms with Crippen molar-refractivity contribution >= 4 is 17.4 Å². The standard InChI is InChI=1S/C19H24FN5O/c1-3-14(2)23-19(26)16-12-18(22-13-21-16)25-10-8-24(9-11-25)17-7-5-4-6-15(17)20/h4-7,12-14H,3,8-11H2,1-2H3,(H,23,26). The molecule has 0 aliphatic carbocycles. The minimum atomic E-state index is -0.202. The maximum absolute atomic E-state index is 13.9. The summed E-state index contributed by atoms with van der Waals surface area (Å²) in [6.45, 7) is 6.78. The molecule has 138 valence electrons. The van der Waals surface area contributed by atoms with Crippen molar-refractivity contribution in [1.82, 2.24) is 15.3 Å². The molecule has 0 bridgehead atoms. The first-order valence-corrected chi connectivity index (χ1v) is 8.95. The predicted octanol–water partition coefficient (Wildman–Crippen LogP) is 2.47. The number of hydrogen-bond acceptors (Lipinski definition) is 5. The number of nitrogens with zero attached hydrogens (tertiary/aromatic N) is 4. The third-order valence-electron chi connectivity index (χ3n) is 4.67. The number of benzene rings is 1. The number of rotatable bonds is 5. The van der Waals surface area contributed by atoms with Gasteiger partial charge in [0.25, 0.3) is 5.91 Å². The van der Waals surface area contributed by atoms with E-state index in [4.69, 9.17) is 0 Å². The van der Waals surface area contributed by atoms with Gasteiger partial charge in [-0.05, 0) is 25.5 Å². The molecule has 0 saturated carbocycles. The zero-order valence-corrected chi connectivity index (χ0v) is 15.2. The molecule has 26 heavy (non-hydrogen) atoms. The number of amides is 1. The van der Waals surface area contributed by atoms with Gasteiger partial charge in [0.05, 0.1) is 5.69 Å². The van der Waals surface area contributed by atoms with Crippen LogP contribution in [0.5, 0.6) is 0 Å². The van der Waals surface area contributed by atoms with Crippen molar-refractivity contribution in [2.24, 2.45) is 0 Å². The monoisotopic (exact) mass is 357 g/mol. The molecule has 7 heteroatoms. The number of hydrogen-bond donors (Lipinski definition) is 1. The van der Waals surface area contributed by atoms with Crippen LogP contribution in [0.2, 0.25) is 0 Å². The molecular weight excluding hydrogens is 333 g/mol. The van der Waals surface area contributed by atoms with Crippen molar-refractivity contribution in [3.05, 3.63) is 48.2 Å². The van der Waals surface area contributed by atoms with E-state index in [2.05, 4.69) is 20.2 Å². The van der Waals surface area contributed by atoms with Crippen LogP contribution in [0.1, 0.15) is 30.8 Å². The summed E-state index contributed by atoms with van der Waals surface area (Å²) in [4.78, 5) is 24.8. The number of halogens is 1. The average Bonchev–Trinajstić information content (AvgIpc) is 2.68. The Morgan fingerprint density at radius 1 is 1.19 bits per heavy atom. The zero-order chi connectivity index (χ0) is 18.5. The molecule has 2 aromatic rings. The van der Waals surface area contributed by atoms with E-state index in [0.29, 0.717) is 37.6 Å². The molecule has 1 atom stereocenters. The number of para-hydroxylation sites is 1. The Balaban J connectivity index is 1.65. The Morgan fingerprint density at radius 3 is 2.58 bits per heavy atom. The molecule has 1 aromatic carbocycles. The normalized spacial score (nSPS) is 15.7. The van der Waals surface area contributed by atoms with Crippen molar-refractivity contribution in [2.45, 2.75) is 26.3 Å². The molecule has 2 heterocycles. The van der Waals surface area contributed by atoms with Crippen LogP contribution in [0.4, 0.5) is 15.9 Å². The maximum atomic E-state index is 13.9. The summed E-state index contributed by atoms with van der Waals surface area (Å²) in [7, 11) is 0. The summed E-state index contributed by atoms with van der Waals surface area (Å²) in [5.41, 5.74) is 0.996. The smallest absolute Gasteiger partial charge is 0.270 e. The van der Waals surface area contributed by atoms with Gasteiger partial charge in [-0.15, -0.1) is 0 Å². The quantitative estimate of drug-likeness (QED) is 0.891. The van der Waals surface area contributed by atoms with Crippen LogP contribution >= 0.6 is 0 Å². The SMILES string of the molecule is CCC(C)NC(=O)c1cc(N2CCN(c3ccccc3F)CC2)ncn1. The van der Waals surface area contributed by atoms with Gasteiger partial charge in [0.1, 0.15) is 23.7 Å². The second-order valence-electron chi connectivity index (χ2n) is 6.47. The van der Waals surface area contributed by atoms with E-state index in [1.54, 1.807) is 18.2 Å². The van der Waals surface area contributed by atoms with Gasteiger partial charge >= 0.3 is 0 Å². The van der Waals surface area contributed by atoms with Crippen LogP contribution in [0.25, 0.3) is 0 Å². The highest BCUT2D eigenvalue weighted by atomic mass is 19.1. The van der Waals surface area contributed by atoms with Gasteiger partial charge in [0.15, 0.2) is 0 Å². The number of piperazine rings is 1. The van der Waals surface area contributed by atoms with E-state index in [1.165, 1.54) is 12.4 Å².